The molecule has 4 nitrogen and oxygen atoms in total. The zero-order valence-corrected chi connectivity index (χ0v) is 8.45. The Morgan fingerprint density at radius 1 is 1.43 bits per heavy atom. The highest BCUT2D eigenvalue weighted by Gasteiger charge is 2.44. The van der Waals surface area contributed by atoms with Crippen LogP contribution in [0.5, 0.6) is 0 Å². The van der Waals surface area contributed by atoms with Gasteiger partial charge >= 0.3 is 0 Å². The molecule has 0 radical (unpaired) electrons. The summed E-state index contributed by atoms with van der Waals surface area (Å²) in [6.07, 6.45) is 1.46. The standard InChI is InChI=1S/C10H19NO3/c11-6-10(2-4-14-7-10)9(12)8-1-3-13-5-8/h8-9,12H,1-7,11H2. The molecule has 0 bridgehead atoms. The van der Waals surface area contributed by atoms with Crippen molar-refractivity contribution in [3.05, 3.63) is 0 Å². The number of rotatable bonds is 3. The van der Waals surface area contributed by atoms with Crippen molar-refractivity contribution in [3.8, 4) is 0 Å². The quantitative estimate of drug-likeness (QED) is 0.661. The monoisotopic (exact) mass is 201 g/mol. The second-order valence-corrected chi connectivity index (χ2v) is 4.44. The Kier molecular flexibility index (Phi) is 3.07. The first-order chi connectivity index (χ1) is 6.78. The molecular weight excluding hydrogens is 182 g/mol. The van der Waals surface area contributed by atoms with Crippen molar-refractivity contribution < 1.29 is 14.6 Å². The van der Waals surface area contributed by atoms with Gasteiger partial charge in [0.1, 0.15) is 0 Å². The van der Waals surface area contributed by atoms with Crippen LogP contribution in [-0.2, 0) is 9.47 Å². The summed E-state index contributed by atoms with van der Waals surface area (Å²) in [5.41, 5.74) is 5.55. The van der Waals surface area contributed by atoms with Gasteiger partial charge in [-0.3, -0.25) is 0 Å². The molecule has 2 fully saturated rings. The van der Waals surface area contributed by atoms with Crippen LogP contribution in [0.15, 0.2) is 0 Å². The smallest absolute Gasteiger partial charge is 0.0682 e. The SMILES string of the molecule is NCC1(C(O)C2CCOC2)CCOC1. The third-order valence-corrected chi connectivity index (χ3v) is 3.58. The summed E-state index contributed by atoms with van der Waals surface area (Å²) in [6, 6.07) is 0. The van der Waals surface area contributed by atoms with E-state index < -0.39 is 0 Å². The van der Waals surface area contributed by atoms with Gasteiger partial charge in [-0.2, -0.15) is 0 Å². The summed E-state index contributed by atoms with van der Waals surface area (Å²) in [7, 11) is 0. The summed E-state index contributed by atoms with van der Waals surface area (Å²) in [5, 5.41) is 10.3. The molecule has 2 aliphatic rings. The summed E-state index contributed by atoms with van der Waals surface area (Å²) >= 11 is 0. The number of aliphatic hydroxyl groups excluding tert-OH is 1. The molecule has 0 amide bonds. The third-order valence-electron chi connectivity index (χ3n) is 3.58. The van der Waals surface area contributed by atoms with E-state index in [2.05, 4.69) is 0 Å². The molecule has 0 aromatic heterocycles. The van der Waals surface area contributed by atoms with Crippen molar-refractivity contribution in [2.24, 2.45) is 17.1 Å². The van der Waals surface area contributed by atoms with Crippen molar-refractivity contribution in [2.75, 3.05) is 33.0 Å². The van der Waals surface area contributed by atoms with Gasteiger partial charge in [-0.05, 0) is 12.8 Å². The lowest BCUT2D eigenvalue weighted by atomic mass is 9.75. The molecule has 4 heteroatoms. The lowest BCUT2D eigenvalue weighted by molar-refractivity contribution is -0.0221. The first-order valence-corrected chi connectivity index (χ1v) is 5.32. The number of ether oxygens (including phenoxy) is 2. The molecule has 14 heavy (non-hydrogen) atoms. The minimum absolute atomic E-state index is 0.210. The first-order valence-electron chi connectivity index (χ1n) is 5.32. The first kappa shape index (κ1) is 10.4. The molecule has 3 unspecified atom stereocenters. The van der Waals surface area contributed by atoms with E-state index in [1.54, 1.807) is 0 Å². The zero-order chi connectivity index (χ0) is 10.0. The van der Waals surface area contributed by atoms with E-state index >= 15 is 0 Å². The molecule has 82 valence electrons. The molecule has 0 aliphatic carbocycles. The second-order valence-electron chi connectivity index (χ2n) is 4.44. The Morgan fingerprint density at radius 3 is 2.79 bits per heavy atom. The fraction of sp³-hybridized carbons (Fsp3) is 1.00. The Labute approximate surface area is 84.4 Å². The number of hydrogen-bond acceptors (Lipinski definition) is 4. The molecule has 2 rings (SSSR count). The predicted octanol–water partition coefficient (Wildman–Crippen LogP) is -0.251. The molecule has 0 saturated carbocycles. The molecule has 0 aromatic carbocycles. The normalized spacial score (nSPS) is 40.3. The molecule has 0 aromatic rings. The van der Waals surface area contributed by atoms with Crippen molar-refractivity contribution in [3.63, 3.8) is 0 Å². The van der Waals surface area contributed by atoms with Gasteiger partial charge in [0.15, 0.2) is 0 Å². The number of hydrogen-bond donors (Lipinski definition) is 2. The lowest BCUT2D eigenvalue weighted by Gasteiger charge is -2.34. The van der Waals surface area contributed by atoms with Gasteiger partial charge in [0.05, 0.1) is 19.3 Å². The summed E-state index contributed by atoms with van der Waals surface area (Å²) < 4.78 is 10.6. The van der Waals surface area contributed by atoms with Gasteiger partial charge in [0.2, 0.25) is 0 Å². The highest BCUT2D eigenvalue weighted by atomic mass is 16.5. The minimum Gasteiger partial charge on any atom is -0.392 e. The third kappa shape index (κ3) is 1.67. The average molecular weight is 201 g/mol. The van der Waals surface area contributed by atoms with Crippen LogP contribution in [0.25, 0.3) is 0 Å². The fourth-order valence-electron chi connectivity index (χ4n) is 2.44. The van der Waals surface area contributed by atoms with Crippen LogP contribution in [0.4, 0.5) is 0 Å². The van der Waals surface area contributed by atoms with E-state index in [9.17, 15) is 5.11 Å². The summed E-state index contributed by atoms with van der Waals surface area (Å²) in [4.78, 5) is 0. The van der Waals surface area contributed by atoms with Crippen LogP contribution in [0.1, 0.15) is 12.8 Å². The number of aliphatic hydroxyl groups is 1. The largest absolute Gasteiger partial charge is 0.392 e. The van der Waals surface area contributed by atoms with E-state index in [1.165, 1.54) is 0 Å². The number of nitrogens with two attached hydrogens (primary N) is 1. The van der Waals surface area contributed by atoms with E-state index in [-0.39, 0.29) is 17.4 Å². The van der Waals surface area contributed by atoms with Gasteiger partial charge in [-0.25, -0.2) is 0 Å². The molecule has 2 saturated heterocycles. The molecule has 0 spiro atoms. The van der Waals surface area contributed by atoms with Gasteiger partial charge in [0.25, 0.3) is 0 Å². The maximum absolute atomic E-state index is 10.3. The van der Waals surface area contributed by atoms with E-state index in [1.807, 2.05) is 0 Å². The van der Waals surface area contributed by atoms with Gasteiger partial charge in [0, 0.05) is 31.1 Å². The highest BCUT2D eigenvalue weighted by molar-refractivity contribution is 4.94. The van der Waals surface area contributed by atoms with E-state index in [4.69, 9.17) is 15.2 Å². The second kappa shape index (κ2) is 4.14. The molecule has 3 N–H and O–H groups in total. The Bertz CT molecular complexity index is 186. The topological polar surface area (TPSA) is 64.7 Å². The van der Waals surface area contributed by atoms with Crippen molar-refractivity contribution in [2.45, 2.75) is 18.9 Å². The Balaban J connectivity index is 2.02. The fourth-order valence-corrected chi connectivity index (χ4v) is 2.44. The molecule has 3 atom stereocenters. The van der Waals surface area contributed by atoms with Crippen LogP contribution >= 0.6 is 0 Å². The van der Waals surface area contributed by atoms with E-state index in [0.717, 1.165) is 26.1 Å². The van der Waals surface area contributed by atoms with Crippen molar-refractivity contribution in [1.82, 2.24) is 0 Å². The lowest BCUT2D eigenvalue weighted by Crippen LogP contribution is -2.46. The van der Waals surface area contributed by atoms with Gasteiger partial charge < -0.3 is 20.3 Å². The van der Waals surface area contributed by atoms with Gasteiger partial charge in [-0.15, -0.1) is 0 Å². The molecule has 2 heterocycles. The van der Waals surface area contributed by atoms with Crippen LogP contribution < -0.4 is 5.73 Å². The maximum atomic E-state index is 10.3. The van der Waals surface area contributed by atoms with Crippen molar-refractivity contribution in [1.29, 1.82) is 0 Å². The highest BCUT2D eigenvalue weighted by Crippen LogP contribution is 2.37. The summed E-state index contributed by atoms with van der Waals surface area (Å²) in [5.74, 6) is 0.250. The van der Waals surface area contributed by atoms with Crippen LogP contribution in [0, 0.1) is 11.3 Å². The predicted molar refractivity (Wildman–Crippen MR) is 51.9 cm³/mol. The maximum Gasteiger partial charge on any atom is 0.0682 e. The van der Waals surface area contributed by atoms with Crippen LogP contribution in [0.2, 0.25) is 0 Å². The zero-order valence-electron chi connectivity index (χ0n) is 8.45. The van der Waals surface area contributed by atoms with Crippen LogP contribution in [0.3, 0.4) is 0 Å². The Morgan fingerprint density at radius 2 is 2.29 bits per heavy atom. The Hall–Kier alpha value is -0.160. The van der Waals surface area contributed by atoms with Gasteiger partial charge in [-0.1, -0.05) is 0 Å². The molecule has 2 aliphatic heterocycles. The van der Waals surface area contributed by atoms with Crippen LogP contribution in [-0.4, -0.2) is 44.2 Å². The average Bonchev–Trinajstić information content (AvgIpc) is 2.89. The molecular formula is C10H19NO3. The van der Waals surface area contributed by atoms with E-state index in [0.29, 0.717) is 19.8 Å². The van der Waals surface area contributed by atoms with Crippen molar-refractivity contribution >= 4 is 0 Å². The summed E-state index contributed by atoms with van der Waals surface area (Å²) in [6.45, 7) is 3.26. The minimum atomic E-state index is -0.363.